The van der Waals surface area contributed by atoms with Gasteiger partial charge in [0.1, 0.15) is 0 Å². The maximum Gasteiger partial charge on any atom is 0.251 e. The van der Waals surface area contributed by atoms with Crippen LogP contribution in [0.25, 0.3) is 0 Å². The Balaban J connectivity index is 2.39. The van der Waals surface area contributed by atoms with Gasteiger partial charge in [-0.3, -0.25) is 4.90 Å². The Morgan fingerprint density at radius 3 is 2.31 bits per heavy atom. The molecule has 0 heterocycles. The molecule has 1 fully saturated rings. The Labute approximate surface area is 97.2 Å². The Morgan fingerprint density at radius 2 is 1.88 bits per heavy atom. The third-order valence-electron chi connectivity index (χ3n) is 3.70. The van der Waals surface area contributed by atoms with Crippen molar-refractivity contribution in [2.45, 2.75) is 51.5 Å². The lowest BCUT2D eigenvalue weighted by Crippen LogP contribution is -2.43. The summed E-state index contributed by atoms with van der Waals surface area (Å²) in [6.45, 7) is 3.17. The van der Waals surface area contributed by atoms with Crippen molar-refractivity contribution in [3.63, 3.8) is 0 Å². The van der Waals surface area contributed by atoms with E-state index in [4.69, 9.17) is 5.73 Å². The molecule has 0 aliphatic heterocycles. The molecule has 1 saturated carbocycles. The molecule has 0 aromatic heterocycles. The Hall–Kier alpha value is -0.220. The summed E-state index contributed by atoms with van der Waals surface area (Å²) in [6, 6.07) is 0.334. The van der Waals surface area contributed by atoms with Gasteiger partial charge in [-0.2, -0.15) is 0 Å². The lowest BCUT2D eigenvalue weighted by Gasteiger charge is -2.36. The summed E-state index contributed by atoms with van der Waals surface area (Å²) in [5, 5.41) is 0. The summed E-state index contributed by atoms with van der Waals surface area (Å²) in [5.74, 6) is 0.808. The van der Waals surface area contributed by atoms with Crippen LogP contribution in [0.1, 0.15) is 39.0 Å². The van der Waals surface area contributed by atoms with Crippen LogP contribution in [0.2, 0.25) is 0 Å². The van der Waals surface area contributed by atoms with Gasteiger partial charge in [0.15, 0.2) is 0 Å². The zero-order valence-corrected chi connectivity index (χ0v) is 10.2. The summed E-state index contributed by atoms with van der Waals surface area (Å²) < 4.78 is 24.8. The third kappa shape index (κ3) is 4.34. The van der Waals surface area contributed by atoms with Crippen molar-refractivity contribution in [3.8, 4) is 0 Å². The van der Waals surface area contributed by atoms with E-state index in [1.54, 1.807) is 0 Å². The fraction of sp³-hybridized carbons (Fsp3) is 1.00. The second-order valence-electron chi connectivity index (χ2n) is 4.76. The van der Waals surface area contributed by atoms with E-state index in [-0.39, 0.29) is 6.54 Å². The molecule has 0 radical (unpaired) electrons. The summed E-state index contributed by atoms with van der Waals surface area (Å²) in [6.07, 6.45) is 3.47. The molecule has 0 amide bonds. The van der Waals surface area contributed by atoms with Gasteiger partial charge in [-0.05, 0) is 31.6 Å². The molecule has 0 unspecified atom stereocenters. The van der Waals surface area contributed by atoms with Crippen LogP contribution in [-0.4, -0.2) is 37.0 Å². The Kier molecular flexibility index (Phi) is 6.21. The molecule has 2 nitrogen and oxygen atoms in total. The highest BCUT2D eigenvalue weighted by molar-refractivity contribution is 4.79. The number of nitrogens with two attached hydrogens (primary N) is 1. The van der Waals surface area contributed by atoms with Gasteiger partial charge in [-0.1, -0.05) is 13.3 Å². The maximum atomic E-state index is 12.4. The van der Waals surface area contributed by atoms with Crippen LogP contribution in [-0.2, 0) is 0 Å². The normalized spacial score (nSPS) is 26.6. The molecule has 0 aromatic rings. The Bertz CT molecular complexity index is 180. The highest BCUT2D eigenvalue weighted by atomic mass is 19.3. The quantitative estimate of drug-likeness (QED) is 0.765. The van der Waals surface area contributed by atoms with E-state index < -0.39 is 6.43 Å². The SMILES string of the molecule is CCC1CCC(N(CCN)CC(F)F)CC1. The lowest BCUT2D eigenvalue weighted by molar-refractivity contribution is 0.0507. The average Bonchev–Trinajstić information content (AvgIpc) is 2.28. The van der Waals surface area contributed by atoms with Gasteiger partial charge in [0.05, 0.1) is 6.54 Å². The van der Waals surface area contributed by atoms with Crippen LogP contribution in [0.4, 0.5) is 8.78 Å². The zero-order valence-electron chi connectivity index (χ0n) is 10.2. The number of rotatable bonds is 6. The maximum absolute atomic E-state index is 12.4. The van der Waals surface area contributed by atoms with E-state index in [1.807, 2.05) is 4.90 Å². The van der Waals surface area contributed by atoms with Crippen molar-refractivity contribution in [2.24, 2.45) is 11.7 Å². The molecular formula is C12H24F2N2. The lowest BCUT2D eigenvalue weighted by atomic mass is 9.84. The van der Waals surface area contributed by atoms with Gasteiger partial charge in [0, 0.05) is 19.1 Å². The van der Waals surface area contributed by atoms with Gasteiger partial charge in [-0.25, -0.2) is 8.78 Å². The summed E-state index contributed by atoms with van der Waals surface area (Å²) in [5.41, 5.74) is 5.48. The minimum absolute atomic E-state index is 0.112. The molecule has 16 heavy (non-hydrogen) atoms. The molecule has 0 aromatic carbocycles. The first kappa shape index (κ1) is 13.8. The van der Waals surface area contributed by atoms with Crippen LogP contribution < -0.4 is 5.73 Å². The largest absolute Gasteiger partial charge is 0.329 e. The molecule has 0 spiro atoms. The van der Waals surface area contributed by atoms with Crippen LogP contribution in [0, 0.1) is 5.92 Å². The summed E-state index contributed by atoms with van der Waals surface area (Å²) >= 11 is 0. The van der Waals surface area contributed by atoms with E-state index in [0.717, 1.165) is 18.8 Å². The number of hydrogen-bond donors (Lipinski definition) is 1. The van der Waals surface area contributed by atoms with Crippen molar-refractivity contribution < 1.29 is 8.78 Å². The van der Waals surface area contributed by atoms with Crippen molar-refractivity contribution >= 4 is 0 Å². The summed E-state index contributed by atoms with van der Waals surface area (Å²) in [7, 11) is 0. The van der Waals surface area contributed by atoms with Gasteiger partial charge in [0.25, 0.3) is 6.43 Å². The smallest absolute Gasteiger partial charge is 0.251 e. The molecule has 96 valence electrons. The Morgan fingerprint density at radius 1 is 1.25 bits per heavy atom. The average molecular weight is 234 g/mol. The highest BCUT2D eigenvalue weighted by Gasteiger charge is 2.26. The van der Waals surface area contributed by atoms with Crippen LogP contribution in [0.5, 0.6) is 0 Å². The molecule has 1 aliphatic carbocycles. The minimum Gasteiger partial charge on any atom is -0.329 e. The van der Waals surface area contributed by atoms with Gasteiger partial charge < -0.3 is 5.73 Å². The molecular weight excluding hydrogens is 210 g/mol. The fourth-order valence-electron chi connectivity index (χ4n) is 2.68. The molecule has 2 N–H and O–H groups in total. The monoisotopic (exact) mass is 234 g/mol. The minimum atomic E-state index is -2.24. The zero-order chi connectivity index (χ0) is 12.0. The number of nitrogens with zero attached hydrogens (tertiary/aromatic N) is 1. The summed E-state index contributed by atoms with van der Waals surface area (Å²) in [4.78, 5) is 1.89. The molecule has 1 aliphatic rings. The van der Waals surface area contributed by atoms with Crippen molar-refractivity contribution in [1.82, 2.24) is 4.90 Å². The van der Waals surface area contributed by atoms with Gasteiger partial charge >= 0.3 is 0 Å². The molecule has 0 bridgehead atoms. The van der Waals surface area contributed by atoms with E-state index >= 15 is 0 Å². The van der Waals surface area contributed by atoms with E-state index in [9.17, 15) is 8.78 Å². The van der Waals surface area contributed by atoms with Crippen molar-refractivity contribution in [2.75, 3.05) is 19.6 Å². The third-order valence-corrected chi connectivity index (χ3v) is 3.70. The van der Waals surface area contributed by atoms with Gasteiger partial charge in [0.2, 0.25) is 0 Å². The van der Waals surface area contributed by atoms with Crippen molar-refractivity contribution in [1.29, 1.82) is 0 Å². The molecule has 4 heteroatoms. The molecule has 0 saturated heterocycles. The predicted molar refractivity (Wildman–Crippen MR) is 62.7 cm³/mol. The second kappa shape index (κ2) is 7.17. The molecule has 0 atom stereocenters. The predicted octanol–water partition coefficient (Wildman–Crippen LogP) is 2.48. The topological polar surface area (TPSA) is 29.3 Å². The van der Waals surface area contributed by atoms with E-state index in [2.05, 4.69) is 6.92 Å². The van der Waals surface area contributed by atoms with Gasteiger partial charge in [-0.15, -0.1) is 0 Å². The number of hydrogen-bond acceptors (Lipinski definition) is 2. The van der Waals surface area contributed by atoms with E-state index in [0.29, 0.717) is 19.1 Å². The first-order chi connectivity index (χ1) is 7.67. The fourth-order valence-corrected chi connectivity index (χ4v) is 2.68. The van der Waals surface area contributed by atoms with Crippen LogP contribution >= 0.6 is 0 Å². The van der Waals surface area contributed by atoms with Crippen molar-refractivity contribution in [3.05, 3.63) is 0 Å². The number of halogens is 2. The second-order valence-corrected chi connectivity index (χ2v) is 4.76. The van der Waals surface area contributed by atoms with E-state index in [1.165, 1.54) is 19.3 Å². The molecule has 1 rings (SSSR count). The first-order valence-corrected chi connectivity index (χ1v) is 6.39. The first-order valence-electron chi connectivity index (χ1n) is 6.39. The number of alkyl halides is 2. The highest BCUT2D eigenvalue weighted by Crippen LogP contribution is 2.29. The standard InChI is InChI=1S/C12H24F2N2/c1-2-10-3-5-11(6-4-10)16(8-7-15)9-12(13)14/h10-12H,2-9,15H2,1H3. The van der Waals surface area contributed by atoms with Crippen LogP contribution in [0.15, 0.2) is 0 Å². The van der Waals surface area contributed by atoms with Crippen LogP contribution in [0.3, 0.4) is 0 Å².